The number of hydrogen-bond donors (Lipinski definition) is 2. The number of amides is 2. The van der Waals surface area contributed by atoms with E-state index in [2.05, 4.69) is 22.8 Å². The molecule has 5 heteroatoms. The standard InChI is InChI=1S/C22H24N4O/c23-15-19(16-6-2-1-3-7-16)21-9-5-13-26(21)22(27)25-18-10-11-20-17(14-18)8-4-12-24-20/h1-3,6-7,10-11,14,19,21,24H,4-5,8-9,12-13H2,(H,25,27). The normalized spacial score (nSPS) is 19.5. The third kappa shape index (κ3) is 3.61. The molecule has 2 atom stereocenters. The van der Waals surface area contributed by atoms with Crippen LogP contribution in [0.4, 0.5) is 16.2 Å². The van der Waals surface area contributed by atoms with Crippen molar-refractivity contribution >= 4 is 17.4 Å². The summed E-state index contributed by atoms with van der Waals surface area (Å²) in [6.45, 7) is 1.69. The molecular weight excluding hydrogens is 336 g/mol. The lowest BCUT2D eigenvalue weighted by Crippen LogP contribution is -2.41. The first kappa shape index (κ1) is 17.4. The second kappa shape index (κ2) is 7.71. The molecule has 0 aromatic heterocycles. The van der Waals surface area contributed by atoms with Gasteiger partial charge in [-0.15, -0.1) is 0 Å². The molecule has 2 aromatic carbocycles. The average molecular weight is 360 g/mol. The minimum absolute atomic E-state index is 0.0864. The number of hydrogen-bond acceptors (Lipinski definition) is 3. The number of nitrogens with zero attached hydrogens (tertiary/aromatic N) is 2. The number of carbonyl (C=O) groups is 1. The van der Waals surface area contributed by atoms with Crippen LogP contribution in [0.15, 0.2) is 48.5 Å². The third-order valence-corrected chi connectivity index (χ3v) is 5.54. The number of benzene rings is 2. The number of aryl methyl sites for hydroxylation is 1. The van der Waals surface area contributed by atoms with Crippen molar-refractivity contribution in [2.24, 2.45) is 0 Å². The predicted octanol–water partition coefficient (Wildman–Crippen LogP) is 4.35. The summed E-state index contributed by atoms with van der Waals surface area (Å²) < 4.78 is 0. The van der Waals surface area contributed by atoms with Gasteiger partial charge in [-0.3, -0.25) is 0 Å². The second-order valence-corrected chi connectivity index (χ2v) is 7.25. The van der Waals surface area contributed by atoms with Crippen molar-refractivity contribution in [3.05, 3.63) is 59.7 Å². The summed E-state index contributed by atoms with van der Waals surface area (Å²) in [7, 11) is 0. The van der Waals surface area contributed by atoms with E-state index in [0.717, 1.165) is 49.2 Å². The van der Waals surface area contributed by atoms with Crippen molar-refractivity contribution in [2.45, 2.75) is 37.6 Å². The smallest absolute Gasteiger partial charge is 0.322 e. The Morgan fingerprint density at radius 2 is 2.07 bits per heavy atom. The van der Waals surface area contributed by atoms with Gasteiger partial charge in [-0.2, -0.15) is 5.26 Å². The predicted molar refractivity (Wildman–Crippen MR) is 107 cm³/mol. The van der Waals surface area contributed by atoms with E-state index in [1.165, 1.54) is 5.56 Å². The molecule has 2 aromatic rings. The Hall–Kier alpha value is -3.00. The summed E-state index contributed by atoms with van der Waals surface area (Å²) in [5.74, 6) is -0.299. The zero-order chi connectivity index (χ0) is 18.6. The second-order valence-electron chi connectivity index (χ2n) is 7.25. The van der Waals surface area contributed by atoms with Gasteiger partial charge in [0.2, 0.25) is 0 Å². The number of carbonyl (C=O) groups excluding carboxylic acids is 1. The summed E-state index contributed by atoms with van der Waals surface area (Å²) in [5.41, 5.74) is 4.20. The molecule has 2 unspecified atom stereocenters. The molecule has 27 heavy (non-hydrogen) atoms. The van der Waals surface area contributed by atoms with Gasteiger partial charge in [-0.25, -0.2) is 4.79 Å². The molecule has 2 aliphatic heterocycles. The molecular formula is C22H24N4O. The first-order chi connectivity index (χ1) is 13.3. The van der Waals surface area contributed by atoms with Crippen LogP contribution in [0.3, 0.4) is 0 Å². The molecule has 4 rings (SSSR count). The van der Waals surface area contributed by atoms with Crippen molar-refractivity contribution in [1.29, 1.82) is 5.26 Å². The highest BCUT2D eigenvalue weighted by Gasteiger charge is 2.35. The van der Waals surface area contributed by atoms with E-state index in [4.69, 9.17) is 0 Å². The number of nitriles is 1. The van der Waals surface area contributed by atoms with Crippen molar-refractivity contribution in [3.63, 3.8) is 0 Å². The Labute approximate surface area is 160 Å². The van der Waals surface area contributed by atoms with Crippen LogP contribution in [0, 0.1) is 11.3 Å². The van der Waals surface area contributed by atoms with Gasteiger partial charge in [-0.05, 0) is 55.0 Å². The van der Waals surface area contributed by atoms with Crippen LogP contribution < -0.4 is 10.6 Å². The maximum Gasteiger partial charge on any atom is 0.322 e. The van der Waals surface area contributed by atoms with Crippen LogP contribution in [0.2, 0.25) is 0 Å². The zero-order valence-electron chi connectivity index (χ0n) is 15.3. The molecule has 5 nitrogen and oxygen atoms in total. The van der Waals surface area contributed by atoms with Crippen molar-refractivity contribution in [2.75, 3.05) is 23.7 Å². The van der Waals surface area contributed by atoms with Gasteiger partial charge >= 0.3 is 6.03 Å². The van der Waals surface area contributed by atoms with Crippen molar-refractivity contribution in [3.8, 4) is 6.07 Å². The molecule has 2 amide bonds. The lowest BCUT2D eigenvalue weighted by atomic mass is 9.91. The maximum absolute atomic E-state index is 12.9. The van der Waals surface area contributed by atoms with Gasteiger partial charge in [0.15, 0.2) is 0 Å². The van der Waals surface area contributed by atoms with E-state index in [1.54, 1.807) is 0 Å². The van der Waals surface area contributed by atoms with Crippen molar-refractivity contribution < 1.29 is 4.79 Å². The Morgan fingerprint density at radius 3 is 2.89 bits per heavy atom. The number of fused-ring (bicyclic) bond motifs is 1. The molecule has 0 aliphatic carbocycles. The van der Waals surface area contributed by atoms with Crippen LogP contribution in [0.1, 0.15) is 36.3 Å². The van der Waals surface area contributed by atoms with Gasteiger partial charge in [-0.1, -0.05) is 30.3 Å². The minimum atomic E-state index is -0.299. The Balaban J connectivity index is 1.50. The number of urea groups is 1. The molecule has 0 bridgehead atoms. The Kier molecular flexibility index (Phi) is 4.97. The van der Waals surface area contributed by atoms with Crippen LogP contribution in [-0.4, -0.2) is 30.1 Å². The lowest BCUT2D eigenvalue weighted by molar-refractivity contribution is 0.203. The fourth-order valence-electron chi connectivity index (χ4n) is 4.18. The van der Waals surface area contributed by atoms with Gasteiger partial charge in [0.05, 0.1) is 18.0 Å². The number of anilines is 2. The lowest BCUT2D eigenvalue weighted by Gasteiger charge is -2.28. The number of likely N-dealkylation sites (tertiary alicyclic amines) is 1. The highest BCUT2D eigenvalue weighted by atomic mass is 16.2. The zero-order valence-corrected chi connectivity index (χ0v) is 15.3. The molecule has 0 spiro atoms. The molecule has 2 heterocycles. The van der Waals surface area contributed by atoms with Crippen LogP contribution >= 0.6 is 0 Å². The summed E-state index contributed by atoms with van der Waals surface area (Å²) in [4.78, 5) is 14.8. The van der Waals surface area contributed by atoms with Gasteiger partial charge < -0.3 is 15.5 Å². The largest absolute Gasteiger partial charge is 0.385 e. The van der Waals surface area contributed by atoms with Gasteiger partial charge in [0, 0.05) is 24.5 Å². The van der Waals surface area contributed by atoms with Crippen LogP contribution in [0.5, 0.6) is 0 Å². The molecule has 1 saturated heterocycles. The van der Waals surface area contributed by atoms with E-state index in [0.29, 0.717) is 6.54 Å². The molecule has 0 radical (unpaired) electrons. The Morgan fingerprint density at radius 1 is 1.22 bits per heavy atom. The topological polar surface area (TPSA) is 68.2 Å². The fourth-order valence-corrected chi connectivity index (χ4v) is 4.18. The van der Waals surface area contributed by atoms with E-state index < -0.39 is 0 Å². The molecule has 2 N–H and O–H groups in total. The van der Waals surface area contributed by atoms with E-state index >= 15 is 0 Å². The fraction of sp³-hybridized carbons (Fsp3) is 0.364. The SMILES string of the molecule is N#CC(c1ccccc1)C1CCCN1C(=O)Nc1ccc2c(c1)CCCN2. The van der Waals surface area contributed by atoms with Gasteiger partial charge in [0.1, 0.15) is 0 Å². The highest BCUT2D eigenvalue weighted by molar-refractivity contribution is 5.90. The number of nitrogens with one attached hydrogen (secondary N) is 2. The first-order valence-electron chi connectivity index (χ1n) is 9.65. The summed E-state index contributed by atoms with van der Waals surface area (Å²) >= 11 is 0. The summed E-state index contributed by atoms with van der Waals surface area (Å²) in [6, 6.07) is 18.0. The molecule has 2 aliphatic rings. The minimum Gasteiger partial charge on any atom is -0.385 e. The van der Waals surface area contributed by atoms with Crippen molar-refractivity contribution in [1.82, 2.24) is 4.90 Å². The Bertz CT molecular complexity index is 858. The highest BCUT2D eigenvalue weighted by Crippen LogP contribution is 2.32. The van der Waals surface area contributed by atoms with Crippen LogP contribution in [-0.2, 0) is 6.42 Å². The monoisotopic (exact) mass is 360 g/mol. The quantitative estimate of drug-likeness (QED) is 0.855. The van der Waals surface area contributed by atoms with E-state index in [1.807, 2.05) is 47.4 Å². The maximum atomic E-state index is 12.9. The average Bonchev–Trinajstić information content (AvgIpc) is 3.19. The third-order valence-electron chi connectivity index (χ3n) is 5.54. The number of rotatable bonds is 3. The van der Waals surface area contributed by atoms with Crippen LogP contribution in [0.25, 0.3) is 0 Å². The molecule has 138 valence electrons. The summed E-state index contributed by atoms with van der Waals surface area (Å²) in [6.07, 6.45) is 3.92. The van der Waals surface area contributed by atoms with Gasteiger partial charge in [0.25, 0.3) is 0 Å². The van der Waals surface area contributed by atoms with E-state index in [-0.39, 0.29) is 18.0 Å². The molecule has 0 saturated carbocycles. The molecule has 1 fully saturated rings. The first-order valence-corrected chi connectivity index (χ1v) is 9.65. The summed E-state index contributed by atoms with van der Waals surface area (Å²) in [5, 5.41) is 16.2. The van der Waals surface area contributed by atoms with E-state index in [9.17, 15) is 10.1 Å².